The summed E-state index contributed by atoms with van der Waals surface area (Å²) in [6.07, 6.45) is 1.30. The molecule has 190 valence electrons. The molecule has 4 aromatic rings. The van der Waals surface area contributed by atoms with Gasteiger partial charge >= 0.3 is 5.97 Å². The van der Waals surface area contributed by atoms with Crippen molar-refractivity contribution < 1.29 is 23.8 Å². The fourth-order valence-electron chi connectivity index (χ4n) is 4.05. The summed E-state index contributed by atoms with van der Waals surface area (Å²) >= 11 is 1.15. The molecule has 2 N–H and O–H groups in total. The van der Waals surface area contributed by atoms with Gasteiger partial charge < -0.3 is 24.0 Å². The summed E-state index contributed by atoms with van der Waals surface area (Å²) in [4.78, 5) is 35.4. The lowest BCUT2D eigenvalue weighted by Crippen LogP contribution is -2.35. The molecule has 0 spiro atoms. The predicted molar refractivity (Wildman–Crippen MR) is 136 cm³/mol. The number of aromatic amines is 1. The monoisotopic (exact) mass is 511 g/mol. The first kappa shape index (κ1) is 25.6. The highest BCUT2D eigenvalue weighted by Gasteiger charge is 2.23. The van der Waals surface area contributed by atoms with E-state index in [-0.39, 0.29) is 25.3 Å². The summed E-state index contributed by atoms with van der Waals surface area (Å²) in [5.41, 5.74) is 1.32. The summed E-state index contributed by atoms with van der Waals surface area (Å²) in [6.45, 7) is 4.84. The van der Waals surface area contributed by atoms with Crippen molar-refractivity contribution in [2.45, 2.75) is 39.5 Å². The lowest BCUT2D eigenvalue weighted by molar-refractivity contribution is 0.0592. The van der Waals surface area contributed by atoms with Crippen molar-refractivity contribution in [2.24, 2.45) is 0 Å². The van der Waals surface area contributed by atoms with Gasteiger partial charge in [-0.15, -0.1) is 11.3 Å². The zero-order chi connectivity index (χ0) is 25.7. The van der Waals surface area contributed by atoms with Gasteiger partial charge in [-0.2, -0.15) is 0 Å². The van der Waals surface area contributed by atoms with Gasteiger partial charge in [0.25, 0.3) is 5.56 Å². The molecule has 0 aliphatic rings. The Labute approximate surface area is 212 Å². The van der Waals surface area contributed by atoms with Crippen molar-refractivity contribution in [3.05, 3.63) is 80.6 Å². The van der Waals surface area contributed by atoms with Crippen molar-refractivity contribution >= 4 is 27.5 Å². The molecule has 0 saturated heterocycles. The molecule has 0 fully saturated rings. The standard InChI is InChI=1S/C26H29N3O6S/c1-4-19-22-24(31)27-21(28-25(22)36-23(19)26(32)33-3)14-29(13-18-9-7-11-34-18)12-17(30)15-35-20-10-6-5-8-16(20)2/h5-11,17,30H,4,12-15H2,1-3H3,(H,27,28,31). The van der Waals surface area contributed by atoms with Crippen LogP contribution in [0.5, 0.6) is 5.75 Å². The van der Waals surface area contributed by atoms with E-state index >= 15 is 0 Å². The highest BCUT2D eigenvalue weighted by molar-refractivity contribution is 7.20. The number of rotatable bonds is 11. The third-order valence-corrected chi connectivity index (χ3v) is 6.87. The molecule has 3 heterocycles. The van der Waals surface area contributed by atoms with E-state index in [0.717, 1.165) is 22.6 Å². The molecule has 3 aromatic heterocycles. The fourth-order valence-corrected chi connectivity index (χ4v) is 5.26. The summed E-state index contributed by atoms with van der Waals surface area (Å²) in [6, 6.07) is 11.3. The van der Waals surface area contributed by atoms with Gasteiger partial charge in [0.05, 0.1) is 31.8 Å². The quantitative estimate of drug-likeness (QED) is 0.293. The molecule has 0 bridgehead atoms. The molecular formula is C26H29N3O6S. The molecule has 0 amide bonds. The third-order valence-electron chi connectivity index (χ3n) is 5.76. The van der Waals surface area contributed by atoms with Crippen molar-refractivity contribution in [1.82, 2.24) is 14.9 Å². The van der Waals surface area contributed by atoms with Crippen LogP contribution in [0.4, 0.5) is 0 Å². The molecule has 1 aromatic carbocycles. The number of esters is 1. The number of carbonyl (C=O) groups excluding carboxylic acids is 1. The second-order valence-electron chi connectivity index (χ2n) is 8.43. The maximum atomic E-state index is 13.0. The van der Waals surface area contributed by atoms with Gasteiger partial charge in [0.2, 0.25) is 0 Å². The van der Waals surface area contributed by atoms with Gasteiger partial charge in [-0.1, -0.05) is 25.1 Å². The van der Waals surface area contributed by atoms with Gasteiger partial charge in [0.1, 0.15) is 39.8 Å². The van der Waals surface area contributed by atoms with Crippen molar-refractivity contribution in [3.8, 4) is 5.75 Å². The van der Waals surface area contributed by atoms with Crippen molar-refractivity contribution in [1.29, 1.82) is 0 Å². The van der Waals surface area contributed by atoms with E-state index in [2.05, 4.69) is 9.97 Å². The molecule has 1 unspecified atom stereocenters. The minimum absolute atomic E-state index is 0.107. The maximum absolute atomic E-state index is 13.0. The smallest absolute Gasteiger partial charge is 0.348 e. The Morgan fingerprint density at radius 2 is 2.06 bits per heavy atom. The lowest BCUT2D eigenvalue weighted by Gasteiger charge is -2.24. The molecule has 0 aliphatic carbocycles. The number of methoxy groups -OCH3 is 1. The second kappa shape index (κ2) is 11.5. The Morgan fingerprint density at radius 1 is 1.25 bits per heavy atom. The number of furan rings is 1. The first-order valence-electron chi connectivity index (χ1n) is 11.6. The van der Waals surface area contributed by atoms with Crippen LogP contribution in [-0.4, -0.2) is 52.3 Å². The number of hydrogen-bond donors (Lipinski definition) is 2. The molecule has 10 heteroatoms. The number of carbonyl (C=O) groups is 1. The maximum Gasteiger partial charge on any atom is 0.348 e. The number of aryl methyl sites for hydroxylation is 2. The number of H-pyrrole nitrogens is 1. The highest BCUT2D eigenvalue weighted by atomic mass is 32.1. The summed E-state index contributed by atoms with van der Waals surface area (Å²) in [7, 11) is 1.32. The minimum Gasteiger partial charge on any atom is -0.491 e. The molecule has 36 heavy (non-hydrogen) atoms. The number of benzene rings is 1. The van der Waals surface area contributed by atoms with Crippen LogP contribution in [-0.2, 0) is 24.2 Å². The van der Waals surface area contributed by atoms with E-state index in [1.807, 2.05) is 49.1 Å². The van der Waals surface area contributed by atoms with Gasteiger partial charge in [0.15, 0.2) is 0 Å². The van der Waals surface area contributed by atoms with Gasteiger partial charge in [-0.25, -0.2) is 9.78 Å². The summed E-state index contributed by atoms with van der Waals surface area (Å²) in [5, 5.41) is 11.1. The highest BCUT2D eigenvalue weighted by Crippen LogP contribution is 2.29. The number of aliphatic hydroxyl groups is 1. The third kappa shape index (κ3) is 5.84. The number of aliphatic hydroxyl groups excluding tert-OH is 1. The number of para-hydroxylation sites is 1. The molecule has 9 nitrogen and oxygen atoms in total. The van der Waals surface area contributed by atoms with E-state index in [0.29, 0.717) is 45.2 Å². The zero-order valence-corrected chi connectivity index (χ0v) is 21.3. The van der Waals surface area contributed by atoms with Gasteiger partial charge in [0, 0.05) is 6.54 Å². The number of hydrogen-bond acceptors (Lipinski definition) is 9. The van der Waals surface area contributed by atoms with Gasteiger partial charge in [-0.05, 0) is 42.7 Å². The van der Waals surface area contributed by atoms with E-state index in [4.69, 9.17) is 13.9 Å². The Morgan fingerprint density at radius 3 is 2.75 bits per heavy atom. The van der Waals surface area contributed by atoms with Crippen LogP contribution in [0.25, 0.3) is 10.2 Å². The van der Waals surface area contributed by atoms with Crippen LogP contribution in [0, 0.1) is 6.92 Å². The number of fused-ring (bicyclic) bond motifs is 1. The second-order valence-corrected chi connectivity index (χ2v) is 9.43. The normalized spacial score (nSPS) is 12.2. The number of ether oxygens (including phenoxy) is 2. The number of nitrogens with one attached hydrogen (secondary N) is 1. The van der Waals surface area contributed by atoms with Crippen LogP contribution in [0.2, 0.25) is 0 Å². The van der Waals surface area contributed by atoms with E-state index in [1.165, 1.54) is 7.11 Å². The summed E-state index contributed by atoms with van der Waals surface area (Å²) in [5.74, 6) is 1.37. The summed E-state index contributed by atoms with van der Waals surface area (Å²) < 4.78 is 16.2. The average Bonchev–Trinajstić information content (AvgIpc) is 3.50. The first-order valence-corrected chi connectivity index (χ1v) is 12.4. The largest absolute Gasteiger partial charge is 0.491 e. The average molecular weight is 512 g/mol. The Balaban J connectivity index is 1.55. The molecule has 0 aliphatic heterocycles. The number of aromatic nitrogens is 2. The SMILES string of the molecule is CCc1c(C(=O)OC)sc2nc(CN(Cc3ccco3)CC(O)COc3ccccc3C)[nH]c(=O)c12. The molecule has 4 rings (SSSR count). The van der Waals surface area contributed by atoms with Crippen LogP contribution < -0.4 is 10.3 Å². The number of nitrogens with zero attached hydrogens (tertiary/aromatic N) is 2. The van der Waals surface area contributed by atoms with Crippen molar-refractivity contribution in [2.75, 3.05) is 20.3 Å². The van der Waals surface area contributed by atoms with E-state index in [9.17, 15) is 14.7 Å². The Hall–Kier alpha value is -3.47. The number of thiophene rings is 1. The van der Waals surface area contributed by atoms with Crippen LogP contribution in [0.3, 0.4) is 0 Å². The van der Waals surface area contributed by atoms with Gasteiger partial charge in [-0.3, -0.25) is 9.69 Å². The van der Waals surface area contributed by atoms with Crippen LogP contribution >= 0.6 is 11.3 Å². The molecule has 0 saturated carbocycles. The van der Waals surface area contributed by atoms with Crippen LogP contribution in [0.15, 0.2) is 51.9 Å². The topological polar surface area (TPSA) is 118 Å². The van der Waals surface area contributed by atoms with Crippen molar-refractivity contribution in [3.63, 3.8) is 0 Å². The fraction of sp³-hybridized carbons (Fsp3) is 0.346. The lowest BCUT2D eigenvalue weighted by atomic mass is 10.1. The van der Waals surface area contributed by atoms with E-state index in [1.54, 1.807) is 12.3 Å². The first-order chi connectivity index (χ1) is 17.4. The Kier molecular flexibility index (Phi) is 8.19. The molecular weight excluding hydrogens is 482 g/mol. The van der Waals surface area contributed by atoms with Crippen LogP contribution in [0.1, 0.15) is 39.3 Å². The predicted octanol–water partition coefficient (Wildman–Crippen LogP) is 3.68. The Bertz CT molecular complexity index is 1380. The molecule has 0 radical (unpaired) electrons. The van der Waals surface area contributed by atoms with E-state index < -0.39 is 12.1 Å². The minimum atomic E-state index is -0.797. The zero-order valence-electron chi connectivity index (χ0n) is 20.4. The molecule has 1 atom stereocenters.